The molecule has 0 fully saturated rings. The van der Waals surface area contributed by atoms with Crippen molar-refractivity contribution < 1.29 is 9.47 Å². The van der Waals surface area contributed by atoms with E-state index in [9.17, 15) is 0 Å². The second-order valence-corrected chi connectivity index (χ2v) is 6.57. The molecule has 0 amide bonds. The van der Waals surface area contributed by atoms with Gasteiger partial charge in [0.2, 0.25) is 0 Å². The molecule has 1 atom stereocenters. The summed E-state index contributed by atoms with van der Waals surface area (Å²) in [6, 6.07) is 25.6. The summed E-state index contributed by atoms with van der Waals surface area (Å²) in [7, 11) is 0. The molecule has 0 bridgehead atoms. The smallest absolute Gasteiger partial charge is 0.161 e. The highest BCUT2D eigenvalue weighted by molar-refractivity contribution is 5.63. The molecule has 1 N–H and O–H groups in total. The molecule has 0 saturated heterocycles. The van der Waals surface area contributed by atoms with Gasteiger partial charge in [-0.05, 0) is 47.4 Å². The average Bonchev–Trinajstić information content (AvgIpc) is 2.72. The van der Waals surface area contributed by atoms with Crippen molar-refractivity contribution in [1.82, 2.24) is 5.32 Å². The van der Waals surface area contributed by atoms with Crippen LogP contribution in [0.4, 0.5) is 0 Å². The first-order valence-electron chi connectivity index (χ1n) is 9.07. The number of nitrogens with one attached hydrogen (secondary N) is 1. The first kappa shape index (κ1) is 16.7. The molecule has 0 radical (unpaired) electrons. The van der Waals surface area contributed by atoms with Crippen molar-refractivity contribution in [3.05, 3.63) is 83.9 Å². The van der Waals surface area contributed by atoms with Gasteiger partial charge in [-0.15, -0.1) is 0 Å². The maximum atomic E-state index is 5.69. The lowest BCUT2D eigenvalue weighted by molar-refractivity contribution is 0.171. The zero-order chi connectivity index (χ0) is 17.8. The average molecular weight is 345 g/mol. The minimum absolute atomic E-state index is 0.228. The molecule has 0 aromatic heterocycles. The van der Waals surface area contributed by atoms with E-state index < -0.39 is 0 Å². The Balaban J connectivity index is 1.44. The minimum atomic E-state index is 0.228. The zero-order valence-corrected chi connectivity index (χ0v) is 14.9. The molecule has 0 saturated carbocycles. The number of benzene rings is 3. The molecule has 3 nitrogen and oxygen atoms in total. The van der Waals surface area contributed by atoms with Crippen LogP contribution in [0.3, 0.4) is 0 Å². The molecule has 1 aliphatic heterocycles. The summed E-state index contributed by atoms with van der Waals surface area (Å²) < 4.78 is 11.3. The molecule has 0 spiro atoms. The van der Waals surface area contributed by atoms with E-state index in [0.29, 0.717) is 13.2 Å². The molecule has 1 aliphatic rings. The fourth-order valence-electron chi connectivity index (χ4n) is 3.21. The van der Waals surface area contributed by atoms with Gasteiger partial charge >= 0.3 is 0 Å². The maximum Gasteiger partial charge on any atom is 0.161 e. The topological polar surface area (TPSA) is 30.5 Å². The SMILES string of the molecule is CC(NCc1cccc(-c2ccccc2)c1)c1ccc2c(c1)OCCO2. The third-order valence-electron chi connectivity index (χ3n) is 4.71. The normalized spacial score (nSPS) is 14.0. The molecule has 26 heavy (non-hydrogen) atoms. The third-order valence-corrected chi connectivity index (χ3v) is 4.71. The Morgan fingerprint density at radius 2 is 1.58 bits per heavy atom. The molecule has 132 valence electrons. The van der Waals surface area contributed by atoms with E-state index in [4.69, 9.17) is 9.47 Å². The molecule has 0 aliphatic carbocycles. The number of hydrogen-bond acceptors (Lipinski definition) is 3. The molecular weight excluding hydrogens is 322 g/mol. The van der Waals surface area contributed by atoms with Gasteiger partial charge in [0.1, 0.15) is 13.2 Å². The van der Waals surface area contributed by atoms with Crippen molar-refractivity contribution in [2.45, 2.75) is 19.5 Å². The monoisotopic (exact) mass is 345 g/mol. The van der Waals surface area contributed by atoms with E-state index in [1.807, 2.05) is 12.1 Å². The van der Waals surface area contributed by atoms with Gasteiger partial charge in [0.25, 0.3) is 0 Å². The van der Waals surface area contributed by atoms with Crippen LogP contribution < -0.4 is 14.8 Å². The van der Waals surface area contributed by atoms with Gasteiger partial charge in [-0.3, -0.25) is 0 Å². The summed E-state index contributed by atoms with van der Waals surface area (Å²) in [5.74, 6) is 1.68. The second kappa shape index (κ2) is 7.63. The van der Waals surface area contributed by atoms with Crippen LogP contribution in [0.15, 0.2) is 72.8 Å². The van der Waals surface area contributed by atoms with Crippen LogP contribution in [0.2, 0.25) is 0 Å². The first-order chi connectivity index (χ1) is 12.8. The van der Waals surface area contributed by atoms with Crippen LogP contribution >= 0.6 is 0 Å². The molecule has 3 aromatic rings. The van der Waals surface area contributed by atoms with E-state index in [1.54, 1.807) is 0 Å². The van der Waals surface area contributed by atoms with E-state index >= 15 is 0 Å². The predicted molar refractivity (Wildman–Crippen MR) is 105 cm³/mol. The molecule has 3 heteroatoms. The minimum Gasteiger partial charge on any atom is -0.486 e. The Labute approximate surface area is 154 Å². The van der Waals surface area contributed by atoms with Gasteiger partial charge in [-0.25, -0.2) is 0 Å². The lowest BCUT2D eigenvalue weighted by atomic mass is 10.0. The Bertz CT molecular complexity index is 876. The number of hydrogen-bond donors (Lipinski definition) is 1. The van der Waals surface area contributed by atoms with Crippen molar-refractivity contribution in [1.29, 1.82) is 0 Å². The van der Waals surface area contributed by atoms with Gasteiger partial charge in [0.05, 0.1) is 0 Å². The standard InChI is InChI=1S/C23H23NO2/c1-17(20-10-11-22-23(15-20)26-13-12-25-22)24-16-18-6-5-9-21(14-18)19-7-3-2-4-8-19/h2-11,14-15,17,24H,12-13,16H2,1H3. The Morgan fingerprint density at radius 1 is 0.808 bits per heavy atom. The Kier molecular flexibility index (Phi) is 4.89. The van der Waals surface area contributed by atoms with Gasteiger partial charge in [0.15, 0.2) is 11.5 Å². The van der Waals surface area contributed by atoms with E-state index in [2.05, 4.69) is 72.9 Å². The maximum absolute atomic E-state index is 5.69. The first-order valence-corrected chi connectivity index (χ1v) is 9.07. The molecule has 1 heterocycles. The Hall–Kier alpha value is -2.78. The highest BCUT2D eigenvalue weighted by Crippen LogP contribution is 2.32. The van der Waals surface area contributed by atoms with Crippen LogP contribution in [0.5, 0.6) is 11.5 Å². The van der Waals surface area contributed by atoms with Crippen molar-refractivity contribution in [3.63, 3.8) is 0 Å². The van der Waals surface area contributed by atoms with Crippen LogP contribution in [0.1, 0.15) is 24.1 Å². The highest BCUT2D eigenvalue weighted by Gasteiger charge is 2.14. The number of rotatable bonds is 5. The number of ether oxygens (including phenoxy) is 2. The summed E-state index contributed by atoms with van der Waals surface area (Å²) in [6.45, 7) is 4.23. The van der Waals surface area contributed by atoms with E-state index in [1.165, 1.54) is 22.3 Å². The van der Waals surface area contributed by atoms with Crippen LogP contribution in [0, 0.1) is 0 Å². The van der Waals surface area contributed by atoms with Crippen LogP contribution in [-0.2, 0) is 6.54 Å². The summed E-state index contributed by atoms with van der Waals surface area (Å²) in [4.78, 5) is 0. The van der Waals surface area contributed by atoms with E-state index in [-0.39, 0.29) is 6.04 Å². The summed E-state index contributed by atoms with van der Waals surface area (Å²) >= 11 is 0. The van der Waals surface area contributed by atoms with Gasteiger partial charge in [-0.1, -0.05) is 54.6 Å². The molecule has 3 aromatic carbocycles. The Morgan fingerprint density at radius 3 is 2.42 bits per heavy atom. The van der Waals surface area contributed by atoms with E-state index in [0.717, 1.165) is 18.0 Å². The molecular formula is C23H23NO2. The summed E-state index contributed by atoms with van der Waals surface area (Å²) in [5, 5.41) is 3.60. The van der Waals surface area contributed by atoms with Gasteiger partial charge < -0.3 is 14.8 Å². The van der Waals surface area contributed by atoms with Crippen molar-refractivity contribution in [2.75, 3.05) is 13.2 Å². The summed E-state index contributed by atoms with van der Waals surface area (Å²) in [5.41, 5.74) is 4.97. The van der Waals surface area contributed by atoms with Crippen LogP contribution in [0.25, 0.3) is 11.1 Å². The zero-order valence-electron chi connectivity index (χ0n) is 14.9. The van der Waals surface area contributed by atoms with Crippen molar-refractivity contribution in [2.24, 2.45) is 0 Å². The quantitative estimate of drug-likeness (QED) is 0.708. The van der Waals surface area contributed by atoms with Crippen molar-refractivity contribution >= 4 is 0 Å². The van der Waals surface area contributed by atoms with Crippen molar-refractivity contribution in [3.8, 4) is 22.6 Å². The second-order valence-electron chi connectivity index (χ2n) is 6.57. The lowest BCUT2D eigenvalue weighted by Crippen LogP contribution is -2.19. The lowest BCUT2D eigenvalue weighted by Gasteiger charge is -2.21. The van der Waals surface area contributed by atoms with Gasteiger partial charge in [0, 0.05) is 12.6 Å². The number of fused-ring (bicyclic) bond motifs is 1. The fraction of sp³-hybridized carbons (Fsp3) is 0.217. The molecule has 4 rings (SSSR count). The molecule has 1 unspecified atom stereocenters. The highest BCUT2D eigenvalue weighted by atomic mass is 16.6. The largest absolute Gasteiger partial charge is 0.486 e. The third kappa shape index (κ3) is 3.73. The predicted octanol–water partition coefficient (Wildman–Crippen LogP) is 4.98. The van der Waals surface area contributed by atoms with Gasteiger partial charge in [-0.2, -0.15) is 0 Å². The summed E-state index contributed by atoms with van der Waals surface area (Å²) in [6.07, 6.45) is 0. The fourth-order valence-corrected chi connectivity index (χ4v) is 3.21. The van der Waals surface area contributed by atoms with Crippen LogP contribution in [-0.4, -0.2) is 13.2 Å².